The van der Waals surface area contributed by atoms with Crippen molar-refractivity contribution >= 4 is 29.1 Å². The molecule has 0 bridgehead atoms. The Kier molecular flexibility index (Phi) is 9.24. The van der Waals surface area contributed by atoms with Gasteiger partial charge in [0, 0.05) is 16.7 Å². The molecule has 2 amide bonds. The van der Waals surface area contributed by atoms with Gasteiger partial charge in [-0.1, -0.05) is 90.5 Å². The lowest BCUT2D eigenvalue weighted by Crippen LogP contribution is -2.47. The van der Waals surface area contributed by atoms with Gasteiger partial charge in [-0.25, -0.2) is 4.98 Å². The molecule has 48 heavy (non-hydrogen) atoms. The number of carbonyl (C=O) groups excluding carboxylic acids is 2. The van der Waals surface area contributed by atoms with Gasteiger partial charge in [-0.3, -0.25) is 9.59 Å². The van der Waals surface area contributed by atoms with Crippen LogP contribution in [0, 0.1) is 6.92 Å². The van der Waals surface area contributed by atoms with Crippen LogP contribution in [0.2, 0.25) is 5.02 Å². The molecular formula is C38H31ClF3N3O3. The molecule has 0 aliphatic heterocycles. The van der Waals surface area contributed by atoms with E-state index in [-0.39, 0.29) is 18.9 Å². The number of alkyl halides is 3. The molecule has 0 radical (unpaired) electrons. The molecule has 1 heterocycles. The number of halogens is 4. The van der Waals surface area contributed by atoms with E-state index in [1.165, 1.54) is 6.20 Å². The molecule has 0 fully saturated rings. The van der Waals surface area contributed by atoms with Gasteiger partial charge in [0.05, 0.1) is 18.5 Å². The molecule has 5 aromatic rings. The van der Waals surface area contributed by atoms with E-state index in [1.807, 2.05) is 55.5 Å². The van der Waals surface area contributed by atoms with Crippen LogP contribution in [-0.4, -0.2) is 36.1 Å². The van der Waals surface area contributed by atoms with E-state index < -0.39 is 24.0 Å². The zero-order chi connectivity index (χ0) is 33.9. The quantitative estimate of drug-likeness (QED) is 0.146. The van der Waals surface area contributed by atoms with E-state index in [0.717, 1.165) is 27.8 Å². The predicted octanol–water partition coefficient (Wildman–Crippen LogP) is 8.77. The number of amides is 2. The minimum absolute atomic E-state index is 0.158. The first-order valence-corrected chi connectivity index (χ1v) is 15.7. The van der Waals surface area contributed by atoms with Crippen molar-refractivity contribution in [3.8, 4) is 28.1 Å². The molecule has 0 spiro atoms. The number of nitrogens with one attached hydrogen (secondary N) is 2. The average Bonchev–Trinajstić information content (AvgIpc) is 3.37. The first-order chi connectivity index (χ1) is 23.1. The van der Waals surface area contributed by atoms with Gasteiger partial charge in [-0.15, -0.1) is 0 Å². The van der Waals surface area contributed by atoms with Crippen molar-refractivity contribution in [2.24, 2.45) is 0 Å². The molecule has 4 aromatic carbocycles. The van der Waals surface area contributed by atoms with Crippen molar-refractivity contribution in [3.05, 3.63) is 137 Å². The molecule has 2 N–H and O–H groups in total. The van der Waals surface area contributed by atoms with Gasteiger partial charge >= 0.3 is 6.18 Å². The minimum Gasteiger partial charge on any atom is -0.478 e. The van der Waals surface area contributed by atoms with Gasteiger partial charge in [0.2, 0.25) is 11.8 Å². The van der Waals surface area contributed by atoms with Gasteiger partial charge < -0.3 is 15.4 Å². The van der Waals surface area contributed by atoms with Gasteiger partial charge in [0.1, 0.15) is 12.0 Å². The molecule has 1 aliphatic rings. The van der Waals surface area contributed by atoms with E-state index >= 15 is 0 Å². The largest absolute Gasteiger partial charge is 0.478 e. The summed E-state index contributed by atoms with van der Waals surface area (Å²) in [6, 6.07) is 30.9. The second-order valence-electron chi connectivity index (χ2n) is 11.6. The van der Waals surface area contributed by atoms with Crippen LogP contribution >= 0.6 is 11.6 Å². The summed E-state index contributed by atoms with van der Waals surface area (Å²) in [6.07, 6.45) is -2.47. The second kappa shape index (κ2) is 13.5. The maximum atomic E-state index is 13.7. The first-order valence-electron chi connectivity index (χ1n) is 15.4. The Labute approximate surface area is 280 Å². The monoisotopic (exact) mass is 669 g/mol. The third-order valence-electron chi connectivity index (χ3n) is 8.51. The normalized spacial score (nSPS) is 12.9. The lowest BCUT2D eigenvalue weighted by Gasteiger charge is -2.31. The number of pyridine rings is 1. The number of hydrogen-bond donors (Lipinski definition) is 2. The summed E-state index contributed by atoms with van der Waals surface area (Å²) in [5.41, 5.74) is 4.99. The van der Waals surface area contributed by atoms with Crippen molar-refractivity contribution in [2.45, 2.75) is 31.4 Å². The average molecular weight is 670 g/mol. The highest BCUT2D eigenvalue weighted by Gasteiger charge is 2.49. The van der Waals surface area contributed by atoms with Crippen LogP contribution in [0.25, 0.3) is 22.3 Å². The number of nitrogens with zero attached hydrogens (tertiary/aromatic N) is 1. The SMILES string of the molecule is Cc1cc(OCCCC2(C(=O)NCC(F)(F)F)c3ccccc3-c3ccccc32)ncc1NC(=O)c1ccccc1-c1ccc(Cl)cc1. The standard InChI is InChI=1S/C38H31ClF3N3O3/c1-24-21-34(43-22-33(24)45-35(46)30-12-3-2-9-27(30)25-15-17-26(39)18-16-25)48-20-8-19-37(36(47)44-23-38(40,41)42)31-13-6-4-10-28(31)29-11-5-7-14-32(29)37/h2-7,9-18,21-22H,8,19-20,23H2,1H3,(H,44,47)(H,45,46). The van der Waals surface area contributed by atoms with Crippen molar-refractivity contribution in [1.82, 2.24) is 10.3 Å². The highest BCUT2D eigenvalue weighted by molar-refractivity contribution is 6.30. The number of aryl methyl sites for hydroxylation is 1. The molecule has 0 unspecified atom stereocenters. The lowest BCUT2D eigenvalue weighted by atomic mass is 9.73. The van der Waals surface area contributed by atoms with E-state index in [2.05, 4.69) is 15.6 Å². The fourth-order valence-electron chi connectivity index (χ4n) is 6.29. The summed E-state index contributed by atoms with van der Waals surface area (Å²) in [6.45, 7) is 0.556. The summed E-state index contributed by atoms with van der Waals surface area (Å²) in [4.78, 5) is 31.4. The molecule has 0 saturated heterocycles. The van der Waals surface area contributed by atoms with E-state index in [0.29, 0.717) is 39.7 Å². The topological polar surface area (TPSA) is 80.3 Å². The number of ether oxygens (including phenoxy) is 1. The molecular weight excluding hydrogens is 639 g/mol. The van der Waals surface area contributed by atoms with Crippen molar-refractivity contribution in [3.63, 3.8) is 0 Å². The van der Waals surface area contributed by atoms with E-state index in [4.69, 9.17) is 16.3 Å². The van der Waals surface area contributed by atoms with Crippen LogP contribution in [0.15, 0.2) is 109 Å². The molecule has 10 heteroatoms. The summed E-state index contributed by atoms with van der Waals surface area (Å²) in [7, 11) is 0. The molecule has 1 aliphatic carbocycles. The first kappa shape index (κ1) is 32.8. The van der Waals surface area contributed by atoms with Crippen molar-refractivity contribution in [1.29, 1.82) is 0 Å². The number of anilines is 1. The third-order valence-corrected chi connectivity index (χ3v) is 8.76. The predicted molar refractivity (Wildman–Crippen MR) is 180 cm³/mol. The molecule has 6 nitrogen and oxygen atoms in total. The molecule has 244 valence electrons. The fraction of sp³-hybridized carbons (Fsp3) is 0.184. The Morgan fingerprint density at radius 2 is 1.46 bits per heavy atom. The highest BCUT2D eigenvalue weighted by Crippen LogP contribution is 2.51. The molecule has 1 aromatic heterocycles. The van der Waals surface area contributed by atoms with Gasteiger partial charge in [0.15, 0.2) is 0 Å². The van der Waals surface area contributed by atoms with E-state index in [9.17, 15) is 22.8 Å². The smallest absolute Gasteiger partial charge is 0.405 e. The maximum Gasteiger partial charge on any atom is 0.405 e. The zero-order valence-corrected chi connectivity index (χ0v) is 26.7. The second-order valence-corrected chi connectivity index (χ2v) is 12.0. The van der Waals surface area contributed by atoms with Crippen LogP contribution in [0.3, 0.4) is 0 Å². The summed E-state index contributed by atoms with van der Waals surface area (Å²) in [5, 5.41) is 5.68. The van der Waals surface area contributed by atoms with Crippen LogP contribution in [0.5, 0.6) is 5.88 Å². The minimum atomic E-state index is -4.55. The number of rotatable bonds is 10. The molecule has 0 saturated carbocycles. The molecule has 6 rings (SSSR count). The lowest BCUT2D eigenvalue weighted by molar-refractivity contribution is -0.141. The zero-order valence-electron chi connectivity index (χ0n) is 25.9. The van der Waals surface area contributed by atoms with Gasteiger partial charge in [-0.2, -0.15) is 13.2 Å². The van der Waals surface area contributed by atoms with Crippen molar-refractivity contribution < 1.29 is 27.5 Å². The van der Waals surface area contributed by atoms with Crippen LogP contribution in [0.4, 0.5) is 18.9 Å². The van der Waals surface area contributed by atoms with Gasteiger partial charge in [-0.05, 0) is 76.9 Å². The Hall–Kier alpha value is -5.15. The maximum absolute atomic E-state index is 13.7. The highest BCUT2D eigenvalue weighted by atomic mass is 35.5. The number of benzene rings is 4. The number of fused-ring (bicyclic) bond motifs is 3. The summed E-state index contributed by atoms with van der Waals surface area (Å²) in [5.74, 6) is -0.691. The fourth-order valence-corrected chi connectivity index (χ4v) is 6.42. The Morgan fingerprint density at radius 1 is 0.854 bits per heavy atom. The summed E-state index contributed by atoms with van der Waals surface area (Å²) >= 11 is 6.04. The Morgan fingerprint density at radius 3 is 2.08 bits per heavy atom. The van der Waals surface area contributed by atoms with Gasteiger partial charge in [0.25, 0.3) is 5.91 Å². The third kappa shape index (κ3) is 6.64. The van der Waals surface area contributed by atoms with Crippen LogP contribution in [-0.2, 0) is 10.2 Å². The summed E-state index contributed by atoms with van der Waals surface area (Å²) < 4.78 is 45.4. The van der Waals surface area contributed by atoms with Crippen LogP contribution in [0.1, 0.15) is 39.9 Å². The number of hydrogen-bond acceptors (Lipinski definition) is 4. The number of carbonyl (C=O) groups is 2. The van der Waals surface area contributed by atoms with E-state index in [1.54, 1.807) is 54.6 Å². The van der Waals surface area contributed by atoms with Crippen molar-refractivity contribution in [2.75, 3.05) is 18.5 Å². The Bertz CT molecular complexity index is 1930. The Balaban J connectivity index is 1.15. The molecule has 0 atom stereocenters. The van der Waals surface area contributed by atoms with Crippen LogP contribution < -0.4 is 15.4 Å². The number of aromatic nitrogens is 1.